The number of nitrogens with zero attached hydrogens (tertiary/aromatic N) is 2. The van der Waals surface area contributed by atoms with E-state index in [1.54, 1.807) is 19.9 Å². The van der Waals surface area contributed by atoms with E-state index in [1.807, 2.05) is 0 Å². The van der Waals surface area contributed by atoms with Crippen LogP contribution in [0.25, 0.3) is 0 Å². The first-order chi connectivity index (χ1) is 9.06. The first-order valence-electron chi connectivity index (χ1n) is 5.78. The summed E-state index contributed by atoms with van der Waals surface area (Å²) in [6, 6.07) is 4.35. The Morgan fingerprint density at radius 2 is 2.16 bits per heavy atom. The van der Waals surface area contributed by atoms with Gasteiger partial charge in [0, 0.05) is 6.92 Å². The first kappa shape index (κ1) is 13.2. The van der Waals surface area contributed by atoms with Crippen molar-refractivity contribution in [2.75, 3.05) is 6.61 Å². The summed E-state index contributed by atoms with van der Waals surface area (Å²) in [5, 5.41) is 7.41. The molecule has 100 valence electrons. The minimum absolute atomic E-state index is 0.0633. The van der Waals surface area contributed by atoms with Crippen molar-refractivity contribution in [3.8, 4) is 0 Å². The fourth-order valence-corrected chi connectivity index (χ4v) is 1.53. The van der Waals surface area contributed by atoms with Gasteiger partial charge < -0.3 is 9.15 Å². The Morgan fingerprint density at radius 3 is 2.79 bits per heavy atom. The molecular weight excluding hydrogens is 251 g/mol. The summed E-state index contributed by atoms with van der Waals surface area (Å²) in [6.07, 6.45) is 0.306. The Morgan fingerprint density at radius 1 is 1.37 bits per heavy atom. The van der Waals surface area contributed by atoms with Crippen molar-refractivity contribution >= 4 is 5.97 Å². The molecule has 0 aliphatic heterocycles. The van der Waals surface area contributed by atoms with Crippen LogP contribution in [0.4, 0.5) is 4.39 Å². The molecule has 1 aromatic heterocycles. The van der Waals surface area contributed by atoms with Crippen molar-refractivity contribution in [2.24, 2.45) is 0 Å². The third-order valence-electron chi connectivity index (χ3n) is 2.46. The Balaban J connectivity index is 1.90. The molecule has 2 aromatic rings. The van der Waals surface area contributed by atoms with Gasteiger partial charge in [0.2, 0.25) is 11.8 Å². The van der Waals surface area contributed by atoms with Gasteiger partial charge in [-0.3, -0.25) is 0 Å². The lowest BCUT2D eigenvalue weighted by atomic mass is 10.1. The zero-order valence-electron chi connectivity index (χ0n) is 10.6. The summed E-state index contributed by atoms with van der Waals surface area (Å²) in [7, 11) is 0. The van der Waals surface area contributed by atoms with Crippen molar-refractivity contribution in [3.05, 3.63) is 46.9 Å². The molecule has 0 atom stereocenters. The van der Waals surface area contributed by atoms with Gasteiger partial charge in [-0.2, -0.15) is 0 Å². The number of halogens is 1. The molecular formula is C13H13FN2O3. The second-order valence-corrected chi connectivity index (χ2v) is 4.08. The van der Waals surface area contributed by atoms with Crippen molar-refractivity contribution in [3.63, 3.8) is 0 Å². The van der Waals surface area contributed by atoms with E-state index in [0.29, 0.717) is 18.2 Å². The number of benzene rings is 1. The average Bonchev–Trinajstić information content (AvgIpc) is 2.75. The standard InChI is InChI=1S/C13H13FN2O3/c1-8-3-4-10(11(14)7-8)13(17)18-6-5-12-16-15-9(2)19-12/h3-4,7H,5-6H2,1-2H3. The molecule has 5 nitrogen and oxygen atoms in total. The van der Waals surface area contributed by atoms with Crippen molar-refractivity contribution < 1.29 is 18.3 Å². The Bertz CT molecular complexity index is 595. The van der Waals surface area contributed by atoms with Crippen LogP contribution in [0.15, 0.2) is 22.6 Å². The maximum Gasteiger partial charge on any atom is 0.341 e. The van der Waals surface area contributed by atoms with Crippen LogP contribution in [0, 0.1) is 19.7 Å². The average molecular weight is 264 g/mol. The number of hydrogen-bond acceptors (Lipinski definition) is 5. The van der Waals surface area contributed by atoms with Crippen LogP contribution < -0.4 is 0 Å². The fourth-order valence-electron chi connectivity index (χ4n) is 1.53. The van der Waals surface area contributed by atoms with E-state index >= 15 is 0 Å². The van der Waals surface area contributed by atoms with Crippen LogP contribution in [-0.2, 0) is 11.2 Å². The Hall–Kier alpha value is -2.24. The van der Waals surface area contributed by atoms with E-state index in [4.69, 9.17) is 9.15 Å². The molecule has 0 fully saturated rings. The highest BCUT2D eigenvalue weighted by atomic mass is 19.1. The molecule has 0 spiro atoms. The van der Waals surface area contributed by atoms with E-state index in [-0.39, 0.29) is 12.2 Å². The van der Waals surface area contributed by atoms with Crippen LogP contribution in [0.1, 0.15) is 27.7 Å². The van der Waals surface area contributed by atoms with Crippen LogP contribution in [-0.4, -0.2) is 22.8 Å². The van der Waals surface area contributed by atoms with E-state index in [1.165, 1.54) is 12.1 Å². The predicted octanol–water partition coefficient (Wildman–Crippen LogP) is 2.23. The fraction of sp³-hybridized carbons (Fsp3) is 0.308. The summed E-state index contributed by atoms with van der Waals surface area (Å²) in [4.78, 5) is 11.6. The number of hydrogen-bond donors (Lipinski definition) is 0. The molecule has 6 heteroatoms. The summed E-state index contributed by atoms with van der Waals surface area (Å²) < 4.78 is 23.6. The van der Waals surface area contributed by atoms with Crippen LogP contribution >= 0.6 is 0 Å². The Labute approximate surface area is 109 Å². The minimum atomic E-state index is -0.700. The molecule has 19 heavy (non-hydrogen) atoms. The van der Waals surface area contributed by atoms with Crippen LogP contribution in [0.3, 0.4) is 0 Å². The number of carbonyl (C=O) groups is 1. The SMILES string of the molecule is Cc1ccc(C(=O)OCCc2nnc(C)o2)c(F)c1. The second-order valence-electron chi connectivity index (χ2n) is 4.08. The number of carbonyl (C=O) groups excluding carboxylic acids is 1. The topological polar surface area (TPSA) is 65.2 Å². The molecule has 0 bridgehead atoms. The number of rotatable bonds is 4. The van der Waals surface area contributed by atoms with E-state index in [9.17, 15) is 9.18 Å². The first-order valence-corrected chi connectivity index (χ1v) is 5.78. The van der Waals surface area contributed by atoms with Gasteiger partial charge >= 0.3 is 5.97 Å². The molecule has 0 unspecified atom stereocenters. The zero-order valence-corrected chi connectivity index (χ0v) is 10.6. The van der Waals surface area contributed by atoms with E-state index in [2.05, 4.69) is 10.2 Å². The van der Waals surface area contributed by atoms with Gasteiger partial charge in [-0.25, -0.2) is 9.18 Å². The highest BCUT2D eigenvalue weighted by Gasteiger charge is 2.13. The maximum atomic E-state index is 13.5. The van der Waals surface area contributed by atoms with Crippen LogP contribution in [0.5, 0.6) is 0 Å². The molecule has 0 amide bonds. The molecule has 2 rings (SSSR count). The molecule has 0 saturated carbocycles. The molecule has 1 heterocycles. The van der Waals surface area contributed by atoms with Gasteiger partial charge in [0.15, 0.2) is 0 Å². The van der Waals surface area contributed by atoms with Gasteiger partial charge in [-0.15, -0.1) is 10.2 Å². The van der Waals surface area contributed by atoms with Crippen LogP contribution in [0.2, 0.25) is 0 Å². The number of aromatic nitrogens is 2. The number of esters is 1. The molecule has 1 aromatic carbocycles. The monoisotopic (exact) mass is 264 g/mol. The lowest BCUT2D eigenvalue weighted by Gasteiger charge is -2.04. The third kappa shape index (κ3) is 3.37. The van der Waals surface area contributed by atoms with Gasteiger partial charge in [0.1, 0.15) is 12.4 Å². The molecule has 0 aliphatic rings. The molecule has 0 aliphatic carbocycles. The van der Waals surface area contributed by atoms with Gasteiger partial charge in [-0.05, 0) is 24.6 Å². The molecule has 0 radical (unpaired) electrons. The van der Waals surface area contributed by atoms with Gasteiger partial charge in [-0.1, -0.05) is 6.07 Å². The van der Waals surface area contributed by atoms with E-state index in [0.717, 1.165) is 5.56 Å². The Kier molecular flexibility index (Phi) is 3.89. The van der Waals surface area contributed by atoms with Gasteiger partial charge in [0.25, 0.3) is 0 Å². The zero-order chi connectivity index (χ0) is 13.8. The van der Waals surface area contributed by atoms with Crippen molar-refractivity contribution in [1.82, 2.24) is 10.2 Å². The molecule has 0 saturated heterocycles. The maximum absolute atomic E-state index is 13.5. The second kappa shape index (κ2) is 5.60. The number of aryl methyl sites for hydroxylation is 2. The largest absolute Gasteiger partial charge is 0.461 e. The highest BCUT2D eigenvalue weighted by molar-refractivity contribution is 5.89. The normalized spacial score (nSPS) is 10.5. The lowest BCUT2D eigenvalue weighted by Crippen LogP contribution is -2.10. The van der Waals surface area contributed by atoms with Crippen molar-refractivity contribution in [2.45, 2.75) is 20.3 Å². The smallest absolute Gasteiger partial charge is 0.341 e. The third-order valence-corrected chi connectivity index (χ3v) is 2.46. The van der Waals surface area contributed by atoms with E-state index < -0.39 is 11.8 Å². The van der Waals surface area contributed by atoms with Gasteiger partial charge in [0.05, 0.1) is 12.0 Å². The van der Waals surface area contributed by atoms with Crippen molar-refractivity contribution in [1.29, 1.82) is 0 Å². The lowest BCUT2D eigenvalue weighted by molar-refractivity contribution is 0.0498. The predicted molar refractivity (Wildman–Crippen MR) is 64.2 cm³/mol. The summed E-state index contributed by atoms with van der Waals surface area (Å²) >= 11 is 0. The number of ether oxygens (including phenoxy) is 1. The quantitative estimate of drug-likeness (QED) is 0.792. The summed E-state index contributed by atoms with van der Waals surface area (Å²) in [5.41, 5.74) is 0.669. The molecule has 0 N–H and O–H groups in total. The highest BCUT2D eigenvalue weighted by Crippen LogP contribution is 2.11. The summed E-state index contributed by atoms with van der Waals surface area (Å²) in [5.74, 6) is -0.451. The minimum Gasteiger partial charge on any atom is -0.461 e. The summed E-state index contributed by atoms with van der Waals surface area (Å²) in [6.45, 7) is 3.48.